The van der Waals surface area contributed by atoms with Gasteiger partial charge < -0.3 is 4.74 Å². The van der Waals surface area contributed by atoms with Crippen LogP contribution in [0.15, 0.2) is 23.3 Å². The van der Waals surface area contributed by atoms with Crippen LogP contribution >= 0.6 is 0 Å². The van der Waals surface area contributed by atoms with Crippen molar-refractivity contribution in [2.24, 2.45) is 17.8 Å². The summed E-state index contributed by atoms with van der Waals surface area (Å²) in [5.41, 5.74) is 2.61. The van der Waals surface area contributed by atoms with Gasteiger partial charge in [0.15, 0.2) is 0 Å². The molecule has 2 aliphatic carbocycles. The molecule has 2 heteroatoms. The van der Waals surface area contributed by atoms with E-state index < -0.39 is 5.60 Å². The molecular formula is C17H26O2. The Morgan fingerprint density at radius 3 is 2.79 bits per heavy atom. The topological polar surface area (TPSA) is 26.3 Å². The quantitative estimate of drug-likeness (QED) is 0.559. The third-order valence-corrected chi connectivity index (χ3v) is 4.51. The number of carbonyl (C=O) groups excluding carboxylic acids is 1. The van der Waals surface area contributed by atoms with Crippen LogP contribution in [-0.4, -0.2) is 11.6 Å². The van der Waals surface area contributed by atoms with Gasteiger partial charge in [0.25, 0.3) is 0 Å². The number of allylic oxidation sites excluding steroid dienone is 3. The van der Waals surface area contributed by atoms with E-state index in [2.05, 4.69) is 26.0 Å². The molecule has 0 N–H and O–H groups in total. The van der Waals surface area contributed by atoms with Gasteiger partial charge in [-0.1, -0.05) is 31.1 Å². The second-order valence-corrected chi connectivity index (χ2v) is 6.66. The van der Waals surface area contributed by atoms with Crippen molar-refractivity contribution in [1.29, 1.82) is 0 Å². The number of fused-ring (bicyclic) bond motifs is 1. The standard InChI is InChI=1S/C17H26O2/c1-6-11(2)13-7-14-8-15(16(14)9-13)10-17(4,5)19-12(3)18/h9-11,14,16H,6-8H2,1-5H3/t11?,14-,16-/m0/s1. The monoisotopic (exact) mass is 262 g/mol. The van der Waals surface area contributed by atoms with Crippen LogP contribution in [0.5, 0.6) is 0 Å². The molecule has 0 spiro atoms. The molecule has 0 aromatic heterocycles. The Morgan fingerprint density at radius 2 is 2.21 bits per heavy atom. The van der Waals surface area contributed by atoms with Crippen LogP contribution in [0.2, 0.25) is 0 Å². The van der Waals surface area contributed by atoms with Crippen LogP contribution in [0, 0.1) is 17.8 Å². The highest BCUT2D eigenvalue weighted by Gasteiger charge is 2.41. The molecular weight excluding hydrogens is 236 g/mol. The first-order valence-electron chi connectivity index (χ1n) is 7.44. The number of hydrogen-bond donors (Lipinski definition) is 0. The Morgan fingerprint density at radius 1 is 1.53 bits per heavy atom. The number of rotatable bonds is 4. The lowest BCUT2D eigenvalue weighted by molar-refractivity contribution is -0.149. The SMILES string of the molecule is CCC(C)C1=C[C@@H]2C(=CC(C)(C)OC(C)=O)C[C@@H]2C1. The predicted octanol–water partition coefficient (Wildman–Crippen LogP) is 4.27. The van der Waals surface area contributed by atoms with E-state index in [4.69, 9.17) is 4.74 Å². The highest BCUT2D eigenvalue weighted by Crippen LogP contribution is 2.51. The highest BCUT2D eigenvalue weighted by molar-refractivity contribution is 5.66. The summed E-state index contributed by atoms with van der Waals surface area (Å²) in [5.74, 6) is 1.93. The van der Waals surface area contributed by atoms with Gasteiger partial charge in [0.2, 0.25) is 0 Å². The summed E-state index contributed by atoms with van der Waals surface area (Å²) in [6, 6.07) is 0. The van der Waals surface area contributed by atoms with Crippen molar-refractivity contribution in [2.75, 3.05) is 0 Å². The second kappa shape index (κ2) is 5.15. The molecule has 0 radical (unpaired) electrons. The first-order chi connectivity index (χ1) is 8.82. The largest absolute Gasteiger partial charge is 0.456 e. The first-order valence-corrected chi connectivity index (χ1v) is 7.44. The fourth-order valence-corrected chi connectivity index (χ4v) is 3.38. The normalized spacial score (nSPS) is 29.5. The molecule has 2 rings (SSSR count). The Labute approximate surface area is 116 Å². The average Bonchev–Trinajstić information content (AvgIpc) is 2.61. The zero-order valence-electron chi connectivity index (χ0n) is 12.8. The predicted molar refractivity (Wildman–Crippen MR) is 77.7 cm³/mol. The van der Waals surface area contributed by atoms with Crippen molar-refractivity contribution in [2.45, 2.75) is 59.5 Å². The summed E-state index contributed by atoms with van der Waals surface area (Å²) in [7, 11) is 0. The molecule has 0 saturated heterocycles. The van der Waals surface area contributed by atoms with Gasteiger partial charge in [-0.25, -0.2) is 0 Å². The molecule has 0 aliphatic heterocycles. The fourth-order valence-electron chi connectivity index (χ4n) is 3.38. The Bertz CT molecular complexity index is 429. The summed E-state index contributed by atoms with van der Waals surface area (Å²) >= 11 is 0. The average molecular weight is 262 g/mol. The molecule has 2 aliphatic rings. The van der Waals surface area contributed by atoms with E-state index >= 15 is 0 Å². The highest BCUT2D eigenvalue weighted by atomic mass is 16.6. The van der Waals surface area contributed by atoms with Crippen LogP contribution in [0.4, 0.5) is 0 Å². The molecule has 0 heterocycles. The summed E-state index contributed by atoms with van der Waals surface area (Å²) < 4.78 is 5.35. The first kappa shape index (κ1) is 14.4. The van der Waals surface area contributed by atoms with Gasteiger partial charge in [0, 0.05) is 12.8 Å². The van der Waals surface area contributed by atoms with Gasteiger partial charge in [-0.05, 0) is 51.0 Å². The molecule has 1 unspecified atom stereocenters. The summed E-state index contributed by atoms with van der Waals surface area (Å²) in [6.45, 7) is 9.97. The van der Waals surface area contributed by atoms with E-state index in [0.29, 0.717) is 11.8 Å². The Kier molecular flexibility index (Phi) is 3.89. The third kappa shape index (κ3) is 3.10. The Balaban J connectivity index is 2.06. The minimum absolute atomic E-state index is 0.208. The molecule has 3 atom stereocenters. The lowest BCUT2D eigenvalue weighted by atomic mass is 9.70. The van der Waals surface area contributed by atoms with Crippen molar-refractivity contribution in [3.8, 4) is 0 Å². The van der Waals surface area contributed by atoms with Crippen molar-refractivity contribution in [3.05, 3.63) is 23.3 Å². The lowest BCUT2D eigenvalue weighted by Crippen LogP contribution is -2.30. The van der Waals surface area contributed by atoms with Gasteiger partial charge in [0.1, 0.15) is 5.60 Å². The minimum atomic E-state index is -0.473. The molecule has 0 bridgehead atoms. The van der Waals surface area contributed by atoms with Crippen LogP contribution in [-0.2, 0) is 9.53 Å². The minimum Gasteiger partial charge on any atom is -0.456 e. The van der Waals surface area contributed by atoms with E-state index in [1.54, 1.807) is 5.57 Å². The number of carbonyl (C=O) groups is 1. The summed E-state index contributed by atoms with van der Waals surface area (Å²) in [6.07, 6.45) is 8.30. The third-order valence-electron chi connectivity index (χ3n) is 4.51. The molecule has 1 saturated carbocycles. The van der Waals surface area contributed by atoms with Gasteiger partial charge in [-0.3, -0.25) is 4.79 Å². The number of ether oxygens (including phenoxy) is 1. The zero-order valence-corrected chi connectivity index (χ0v) is 12.8. The maximum Gasteiger partial charge on any atom is 0.303 e. The smallest absolute Gasteiger partial charge is 0.303 e. The zero-order chi connectivity index (χ0) is 14.2. The van der Waals surface area contributed by atoms with E-state index in [0.717, 1.165) is 5.92 Å². The number of hydrogen-bond acceptors (Lipinski definition) is 2. The van der Waals surface area contributed by atoms with Gasteiger partial charge >= 0.3 is 5.97 Å². The maximum absolute atomic E-state index is 11.1. The molecule has 2 nitrogen and oxygen atoms in total. The van der Waals surface area contributed by atoms with Crippen LogP contribution in [0.3, 0.4) is 0 Å². The van der Waals surface area contributed by atoms with Crippen molar-refractivity contribution in [3.63, 3.8) is 0 Å². The molecule has 19 heavy (non-hydrogen) atoms. The van der Waals surface area contributed by atoms with Crippen molar-refractivity contribution in [1.82, 2.24) is 0 Å². The molecule has 0 amide bonds. The summed E-state index contributed by atoms with van der Waals surface area (Å²) in [4.78, 5) is 11.1. The molecule has 1 fully saturated rings. The van der Waals surface area contributed by atoms with Crippen molar-refractivity contribution < 1.29 is 9.53 Å². The van der Waals surface area contributed by atoms with Crippen LogP contribution in [0.1, 0.15) is 53.9 Å². The second-order valence-electron chi connectivity index (χ2n) is 6.66. The number of esters is 1. The molecule has 106 valence electrons. The Hall–Kier alpha value is -1.05. The van der Waals surface area contributed by atoms with E-state index in [1.165, 1.54) is 31.8 Å². The van der Waals surface area contributed by atoms with Crippen molar-refractivity contribution >= 4 is 5.97 Å². The van der Waals surface area contributed by atoms with E-state index in [-0.39, 0.29) is 5.97 Å². The summed E-state index contributed by atoms with van der Waals surface area (Å²) in [5, 5.41) is 0. The fraction of sp³-hybridized carbons (Fsp3) is 0.706. The van der Waals surface area contributed by atoms with Gasteiger partial charge in [0.05, 0.1) is 0 Å². The van der Waals surface area contributed by atoms with Gasteiger partial charge in [-0.2, -0.15) is 0 Å². The van der Waals surface area contributed by atoms with E-state index in [1.807, 2.05) is 13.8 Å². The van der Waals surface area contributed by atoms with Gasteiger partial charge in [-0.15, -0.1) is 0 Å². The molecule has 0 aromatic carbocycles. The maximum atomic E-state index is 11.1. The van der Waals surface area contributed by atoms with Crippen LogP contribution < -0.4 is 0 Å². The van der Waals surface area contributed by atoms with E-state index in [9.17, 15) is 4.79 Å². The lowest BCUT2D eigenvalue weighted by Gasteiger charge is -2.36. The molecule has 0 aromatic rings. The van der Waals surface area contributed by atoms with Crippen LogP contribution in [0.25, 0.3) is 0 Å².